The standard InChI is InChI=1S/C26H25N3O6S/c1-27-15-16-28-21-5-3-4-6-22(21)36-24(17-9-13-20(34-2)14-10-17)23(25(28)30)35-26(31)18-7-11-19(12-8-18)29(32)33/h3-14,23-24,27H,15-16H2,1-2H3/t23-,24+/m1/s1. The molecule has 0 saturated heterocycles. The number of nitrogens with zero attached hydrogens (tertiary/aromatic N) is 2. The number of carbonyl (C=O) groups is 2. The lowest BCUT2D eigenvalue weighted by Crippen LogP contribution is -2.45. The van der Waals surface area contributed by atoms with E-state index in [1.807, 2.05) is 36.4 Å². The number of esters is 1. The van der Waals surface area contributed by atoms with Crippen molar-refractivity contribution in [2.24, 2.45) is 0 Å². The number of anilines is 1. The molecule has 2 atom stereocenters. The van der Waals surface area contributed by atoms with Gasteiger partial charge in [0.15, 0.2) is 6.10 Å². The highest BCUT2D eigenvalue weighted by atomic mass is 32.2. The fourth-order valence-electron chi connectivity index (χ4n) is 3.89. The van der Waals surface area contributed by atoms with E-state index >= 15 is 0 Å². The van der Waals surface area contributed by atoms with Crippen molar-refractivity contribution in [3.05, 3.63) is 94.0 Å². The molecule has 0 spiro atoms. The fraction of sp³-hybridized carbons (Fsp3) is 0.231. The maximum Gasteiger partial charge on any atom is 0.338 e. The summed E-state index contributed by atoms with van der Waals surface area (Å²) in [6.07, 6.45) is -1.14. The third kappa shape index (κ3) is 5.34. The lowest BCUT2D eigenvalue weighted by Gasteiger charge is -2.28. The molecule has 1 N–H and O–H groups in total. The maximum atomic E-state index is 13.9. The summed E-state index contributed by atoms with van der Waals surface area (Å²) in [5.74, 6) is -0.417. The van der Waals surface area contributed by atoms with Gasteiger partial charge >= 0.3 is 5.97 Å². The Balaban J connectivity index is 1.74. The van der Waals surface area contributed by atoms with Crippen molar-refractivity contribution in [1.82, 2.24) is 5.32 Å². The Morgan fingerprint density at radius 1 is 1.08 bits per heavy atom. The van der Waals surface area contributed by atoms with Crippen LogP contribution in [-0.2, 0) is 9.53 Å². The average Bonchev–Trinajstić information content (AvgIpc) is 3.02. The van der Waals surface area contributed by atoms with Gasteiger partial charge in [-0.15, -0.1) is 11.8 Å². The number of non-ortho nitro benzene ring substituents is 1. The molecule has 0 radical (unpaired) electrons. The molecule has 0 aliphatic carbocycles. The van der Waals surface area contributed by atoms with Crippen LogP contribution < -0.4 is 15.0 Å². The molecule has 36 heavy (non-hydrogen) atoms. The summed E-state index contributed by atoms with van der Waals surface area (Å²) in [5, 5.41) is 13.5. The first kappa shape index (κ1) is 25.2. The number of carbonyl (C=O) groups excluding carboxylic acids is 2. The average molecular weight is 508 g/mol. The fourth-order valence-corrected chi connectivity index (χ4v) is 5.20. The second-order valence-electron chi connectivity index (χ2n) is 8.00. The molecule has 0 unspecified atom stereocenters. The number of hydrogen-bond acceptors (Lipinski definition) is 8. The zero-order valence-electron chi connectivity index (χ0n) is 19.7. The summed E-state index contributed by atoms with van der Waals surface area (Å²) in [4.78, 5) is 40.0. The Hall–Kier alpha value is -3.89. The Morgan fingerprint density at radius 3 is 2.42 bits per heavy atom. The number of fused-ring (bicyclic) bond motifs is 1. The number of ether oxygens (including phenoxy) is 2. The quantitative estimate of drug-likeness (QED) is 0.274. The topological polar surface area (TPSA) is 111 Å². The number of rotatable bonds is 8. The first-order chi connectivity index (χ1) is 17.4. The van der Waals surface area contributed by atoms with Crippen LogP contribution in [0.4, 0.5) is 11.4 Å². The summed E-state index contributed by atoms with van der Waals surface area (Å²) < 4.78 is 11.1. The van der Waals surface area contributed by atoms with Crippen LogP contribution in [0.5, 0.6) is 5.75 Å². The number of likely N-dealkylation sites (N-methyl/N-ethyl adjacent to an activating group) is 1. The number of methoxy groups -OCH3 is 1. The van der Waals surface area contributed by atoms with Gasteiger partial charge in [-0.25, -0.2) is 4.79 Å². The van der Waals surface area contributed by atoms with Crippen molar-refractivity contribution in [2.45, 2.75) is 16.2 Å². The van der Waals surface area contributed by atoms with Crippen LogP contribution in [0.2, 0.25) is 0 Å². The number of amides is 1. The van der Waals surface area contributed by atoms with Gasteiger partial charge in [0.05, 0.1) is 28.5 Å². The van der Waals surface area contributed by atoms with Crippen molar-refractivity contribution >= 4 is 35.0 Å². The van der Waals surface area contributed by atoms with Gasteiger partial charge in [0, 0.05) is 30.1 Å². The number of para-hydroxylation sites is 1. The summed E-state index contributed by atoms with van der Waals surface area (Å²) >= 11 is 1.45. The molecule has 1 aliphatic heterocycles. The SMILES string of the molecule is CNCCN1C(=O)[C@H](OC(=O)c2ccc([N+](=O)[O-])cc2)[C@H](c2ccc(OC)cc2)Sc2ccccc21. The molecule has 4 rings (SSSR count). The molecule has 3 aromatic rings. The Kier molecular flexibility index (Phi) is 7.87. The largest absolute Gasteiger partial charge is 0.497 e. The molecule has 10 heteroatoms. The first-order valence-corrected chi connectivity index (χ1v) is 12.1. The van der Waals surface area contributed by atoms with Gasteiger partial charge < -0.3 is 19.7 Å². The molecule has 1 aliphatic rings. The summed E-state index contributed by atoms with van der Waals surface area (Å²) in [7, 11) is 3.37. The number of nitrogens with one attached hydrogen (secondary N) is 1. The van der Waals surface area contributed by atoms with Crippen LogP contribution in [0.1, 0.15) is 21.2 Å². The van der Waals surface area contributed by atoms with Crippen molar-refractivity contribution < 1.29 is 24.0 Å². The lowest BCUT2D eigenvalue weighted by molar-refractivity contribution is -0.384. The minimum atomic E-state index is -1.14. The molecule has 1 heterocycles. The lowest BCUT2D eigenvalue weighted by atomic mass is 10.1. The minimum absolute atomic E-state index is 0.121. The second-order valence-corrected chi connectivity index (χ2v) is 9.19. The molecule has 3 aromatic carbocycles. The molecule has 1 amide bonds. The smallest absolute Gasteiger partial charge is 0.338 e. The van der Waals surface area contributed by atoms with Crippen LogP contribution in [0.25, 0.3) is 0 Å². The van der Waals surface area contributed by atoms with Gasteiger partial charge in [0.25, 0.3) is 11.6 Å². The van der Waals surface area contributed by atoms with Gasteiger partial charge in [0.1, 0.15) is 5.75 Å². The van der Waals surface area contributed by atoms with Gasteiger partial charge in [-0.1, -0.05) is 24.3 Å². The molecule has 0 fully saturated rings. The molecule has 0 saturated carbocycles. The van der Waals surface area contributed by atoms with Crippen LogP contribution in [-0.4, -0.2) is 50.2 Å². The predicted octanol–water partition coefficient (Wildman–Crippen LogP) is 4.23. The number of thioether (sulfide) groups is 1. The Morgan fingerprint density at radius 2 is 1.78 bits per heavy atom. The van der Waals surface area contributed by atoms with Gasteiger partial charge in [0.2, 0.25) is 0 Å². The van der Waals surface area contributed by atoms with Gasteiger partial charge in [-0.2, -0.15) is 0 Å². The molecule has 186 valence electrons. The maximum absolute atomic E-state index is 13.9. The summed E-state index contributed by atoms with van der Waals surface area (Å²) in [6.45, 7) is 0.925. The first-order valence-electron chi connectivity index (χ1n) is 11.2. The number of nitro benzene ring substituents is 1. The third-order valence-electron chi connectivity index (χ3n) is 5.77. The van der Waals surface area contributed by atoms with Crippen LogP contribution in [0.15, 0.2) is 77.7 Å². The van der Waals surface area contributed by atoms with E-state index < -0.39 is 22.2 Å². The molecule has 0 bridgehead atoms. The second kappa shape index (κ2) is 11.2. The highest BCUT2D eigenvalue weighted by Crippen LogP contribution is 2.47. The highest BCUT2D eigenvalue weighted by Gasteiger charge is 2.41. The Labute approximate surface area is 212 Å². The van der Waals surface area contributed by atoms with E-state index in [0.29, 0.717) is 18.8 Å². The molecular formula is C26H25N3O6S. The predicted molar refractivity (Wildman–Crippen MR) is 137 cm³/mol. The third-order valence-corrected chi connectivity index (χ3v) is 7.14. The number of benzene rings is 3. The van der Waals surface area contributed by atoms with E-state index in [-0.39, 0.29) is 17.2 Å². The minimum Gasteiger partial charge on any atom is -0.497 e. The van der Waals surface area contributed by atoms with E-state index in [4.69, 9.17) is 9.47 Å². The van der Waals surface area contributed by atoms with Gasteiger partial charge in [-0.05, 0) is 49.0 Å². The summed E-state index contributed by atoms with van der Waals surface area (Å²) in [5.41, 5.74) is 1.52. The molecule has 9 nitrogen and oxygen atoms in total. The van der Waals surface area contributed by atoms with E-state index in [2.05, 4.69) is 5.32 Å². The number of hydrogen-bond donors (Lipinski definition) is 1. The molecule has 0 aromatic heterocycles. The zero-order valence-corrected chi connectivity index (χ0v) is 20.6. The monoisotopic (exact) mass is 507 g/mol. The van der Waals surface area contributed by atoms with E-state index in [9.17, 15) is 19.7 Å². The van der Waals surface area contributed by atoms with Crippen molar-refractivity contribution in [3.8, 4) is 5.75 Å². The van der Waals surface area contributed by atoms with Crippen molar-refractivity contribution in [3.63, 3.8) is 0 Å². The van der Waals surface area contributed by atoms with Crippen LogP contribution in [0.3, 0.4) is 0 Å². The molecular weight excluding hydrogens is 482 g/mol. The van der Waals surface area contributed by atoms with Crippen molar-refractivity contribution in [1.29, 1.82) is 0 Å². The van der Waals surface area contributed by atoms with Crippen LogP contribution in [0, 0.1) is 10.1 Å². The number of nitro groups is 1. The van der Waals surface area contributed by atoms with E-state index in [1.54, 1.807) is 31.2 Å². The Bertz CT molecular complexity index is 1250. The van der Waals surface area contributed by atoms with Gasteiger partial charge in [-0.3, -0.25) is 14.9 Å². The highest BCUT2D eigenvalue weighted by molar-refractivity contribution is 7.99. The zero-order chi connectivity index (χ0) is 25.7. The van der Waals surface area contributed by atoms with Crippen LogP contribution >= 0.6 is 11.8 Å². The van der Waals surface area contributed by atoms with Crippen molar-refractivity contribution in [2.75, 3.05) is 32.1 Å². The van der Waals surface area contributed by atoms with E-state index in [0.717, 1.165) is 16.1 Å². The van der Waals surface area contributed by atoms with E-state index in [1.165, 1.54) is 36.0 Å². The summed E-state index contributed by atoms with van der Waals surface area (Å²) in [6, 6.07) is 20.0. The normalized spacial score (nSPS) is 17.2.